The molecule has 0 amide bonds. The molecule has 17 heavy (non-hydrogen) atoms. The molecule has 1 heterocycles. The molecule has 6 heteroatoms. The number of hydrogen-bond donors (Lipinski definition) is 1. The second-order valence-electron chi connectivity index (χ2n) is 3.30. The minimum atomic E-state index is -0.935. The fraction of sp³-hybridized carbons (Fsp3) is 0.182. The molecule has 2 rings (SSSR count). The number of aryl methyl sites for hydroxylation is 1. The molecular weight excluding hydrogens is 240 g/mol. The van der Waals surface area contributed by atoms with E-state index >= 15 is 0 Å². The minimum Gasteiger partial charge on any atom is -0.478 e. The van der Waals surface area contributed by atoms with Gasteiger partial charge in [0, 0.05) is 11.8 Å². The number of carboxylic acids is 1. The third-order valence-corrected chi connectivity index (χ3v) is 3.09. The van der Waals surface area contributed by atoms with Crippen molar-refractivity contribution in [3.05, 3.63) is 41.6 Å². The van der Waals surface area contributed by atoms with Crippen LogP contribution < -0.4 is 0 Å². The quantitative estimate of drug-likeness (QED) is 0.839. The Bertz CT molecular complexity index is 539. The van der Waals surface area contributed by atoms with Gasteiger partial charge in [0.15, 0.2) is 0 Å². The van der Waals surface area contributed by atoms with E-state index in [1.807, 2.05) is 0 Å². The Hall–Kier alpha value is -1.82. The molecule has 1 aromatic carbocycles. The molecule has 1 aromatic heterocycles. The summed E-state index contributed by atoms with van der Waals surface area (Å²) >= 11 is 1.36. The number of aromatic nitrogens is 2. The van der Waals surface area contributed by atoms with Gasteiger partial charge in [0.05, 0.1) is 11.3 Å². The molecule has 0 atom stereocenters. The summed E-state index contributed by atoms with van der Waals surface area (Å²) in [7, 11) is 0. The van der Waals surface area contributed by atoms with Crippen LogP contribution in [0.2, 0.25) is 0 Å². The first-order valence-corrected chi connectivity index (χ1v) is 5.89. The lowest BCUT2D eigenvalue weighted by Gasteiger charge is -2.02. The zero-order valence-corrected chi connectivity index (χ0v) is 9.90. The minimum absolute atomic E-state index is 0.286. The highest BCUT2D eigenvalue weighted by molar-refractivity contribution is 7.98. The summed E-state index contributed by atoms with van der Waals surface area (Å²) < 4.78 is 5.22. The van der Waals surface area contributed by atoms with Gasteiger partial charge in [-0.1, -0.05) is 12.1 Å². The first-order valence-electron chi connectivity index (χ1n) is 4.91. The first-order chi connectivity index (χ1) is 8.16. The van der Waals surface area contributed by atoms with Gasteiger partial charge in [0.1, 0.15) is 0 Å². The largest absolute Gasteiger partial charge is 0.478 e. The van der Waals surface area contributed by atoms with Crippen LogP contribution in [0.3, 0.4) is 0 Å². The van der Waals surface area contributed by atoms with Crippen molar-refractivity contribution >= 4 is 17.7 Å². The zero-order valence-electron chi connectivity index (χ0n) is 9.08. The van der Waals surface area contributed by atoms with Crippen LogP contribution in [0.5, 0.6) is 0 Å². The SMILES string of the molecule is Cc1nnc(CSc2ccccc2C(=O)O)o1. The molecule has 0 aliphatic carbocycles. The molecule has 0 radical (unpaired) electrons. The standard InChI is InChI=1S/C11H10N2O3S/c1-7-12-13-10(16-7)6-17-9-5-3-2-4-8(9)11(14)15/h2-5H,6H2,1H3,(H,14,15). The van der Waals surface area contributed by atoms with E-state index in [4.69, 9.17) is 9.52 Å². The van der Waals surface area contributed by atoms with E-state index in [1.54, 1.807) is 31.2 Å². The summed E-state index contributed by atoms with van der Waals surface area (Å²) in [4.78, 5) is 11.7. The molecule has 2 aromatic rings. The molecular formula is C11H10N2O3S. The van der Waals surface area contributed by atoms with E-state index in [1.165, 1.54) is 11.8 Å². The summed E-state index contributed by atoms with van der Waals surface area (Å²) in [6.45, 7) is 1.71. The molecule has 0 fully saturated rings. The second-order valence-corrected chi connectivity index (χ2v) is 4.32. The monoisotopic (exact) mass is 250 g/mol. The van der Waals surface area contributed by atoms with Crippen molar-refractivity contribution in [3.63, 3.8) is 0 Å². The summed E-state index contributed by atoms with van der Waals surface area (Å²) in [5.74, 6) is 0.528. The van der Waals surface area contributed by atoms with Crippen molar-refractivity contribution in [1.29, 1.82) is 0 Å². The number of carboxylic acid groups (broad SMARTS) is 1. The van der Waals surface area contributed by atoms with Crippen molar-refractivity contribution < 1.29 is 14.3 Å². The smallest absolute Gasteiger partial charge is 0.336 e. The van der Waals surface area contributed by atoms with Crippen molar-refractivity contribution in [2.45, 2.75) is 17.6 Å². The Balaban J connectivity index is 2.11. The van der Waals surface area contributed by atoms with Gasteiger partial charge in [-0.15, -0.1) is 22.0 Å². The van der Waals surface area contributed by atoms with Gasteiger partial charge in [-0.05, 0) is 12.1 Å². The lowest BCUT2D eigenvalue weighted by atomic mass is 10.2. The van der Waals surface area contributed by atoms with Gasteiger partial charge in [-0.25, -0.2) is 4.79 Å². The maximum Gasteiger partial charge on any atom is 0.336 e. The van der Waals surface area contributed by atoms with Gasteiger partial charge in [0.25, 0.3) is 0 Å². The van der Waals surface area contributed by atoms with E-state index in [0.29, 0.717) is 22.4 Å². The van der Waals surface area contributed by atoms with Crippen LogP contribution in [0.25, 0.3) is 0 Å². The maximum atomic E-state index is 11.0. The highest BCUT2D eigenvalue weighted by atomic mass is 32.2. The van der Waals surface area contributed by atoms with E-state index < -0.39 is 5.97 Å². The number of nitrogens with zero attached hydrogens (tertiary/aromatic N) is 2. The Kier molecular flexibility index (Phi) is 3.43. The molecule has 0 saturated carbocycles. The van der Waals surface area contributed by atoms with Gasteiger partial charge in [-0.3, -0.25) is 0 Å². The Labute approximate surface area is 102 Å². The Morgan fingerprint density at radius 1 is 1.41 bits per heavy atom. The van der Waals surface area contributed by atoms with Gasteiger partial charge in [0.2, 0.25) is 11.8 Å². The molecule has 1 N–H and O–H groups in total. The average Bonchev–Trinajstić information content (AvgIpc) is 2.73. The number of benzene rings is 1. The molecule has 88 valence electrons. The van der Waals surface area contributed by atoms with Crippen LogP contribution in [-0.2, 0) is 5.75 Å². The Morgan fingerprint density at radius 2 is 2.18 bits per heavy atom. The molecule has 0 spiro atoms. The third kappa shape index (κ3) is 2.85. The van der Waals surface area contributed by atoms with Crippen LogP contribution in [0, 0.1) is 6.92 Å². The fourth-order valence-corrected chi connectivity index (χ4v) is 2.19. The third-order valence-electron chi connectivity index (χ3n) is 2.04. The molecule has 5 nitrogen and oxygen atoms in total. The molecule has 0 aliphatic rings. The van der Waals surface area contributed by atoms with Crippen LogP contribution >= 0.6 is 11.8 Å². The normalized spacial score (nSPS) is 10.4. The average molecular weight is 250 g/mol. The Morgan fingerprint density at radius 3 is 2.82 bits per heavy atom. The summed E-state index contributed by atoms with van der Waals surface area (Å²) in [6.07, 6.45) is 0. The summed E-state index contributed by atoms with van der Waals surface area (Å²) in [6, 6.07) is 6.83. The first kappa shape index (κ1) is 11.7. The second kappa shape index (κ2) is 5.01. The number of rotatable bonds is 4. The topological polar surface area (TPSA) is 76.2 Å². The van der Waals surface area contributed by atoms with Crippen LogP contribution in [0.4, 0.5) is 0 Å². The summed E-state index contributed by atoms with van der Waals surface area (Å²) in [5, 5.41) is 16.6. The molecule has 0 aliphatic heterocycles. The van der Waals surface area contributed by atoms with Crippen molar-refractivity contribution in [2.75, 3.05) is 0 Å². The van der Waals surface area contributed by atoms with Crippen LogP contribution in [-0.4, -0.2) is 21.3 Å². The lowest BCUT2D eigenvalue weighted by molar-refractivity contribution is 0.0693. The lowest BCUT2D eigenvalue weighted by Crippen LogP contribution is -1.98. The zero-order chi connectivity index (χ0) is 12.3. The van der Waals surface area contributed by atoms with Crippen molar-refractivity contribution in [3.8, 4) is 0 Å². The van der Waals surface area contributed by atoms with Gasteiger partial charge >= 0.3 is 5.97 Å². The maximum absolute atomic E-state index is 11.0. The highest BCUT2D eigenvalue weighted by Gasteiger charge is 2.11. The van der Waals surface area contributed by atoms with Crippen LogP contribution in [0.1, 0.15) is 22.1 Å². The van der Waals surface area contributed by atoms with Crippen molar-refractivity contribution in [2.24, 2.45) is 0 Å². The van der Waals surface area contributed by atoms with Crippen molar-refractivity contribution in [1.82, 2.24) is 10.2 Å². The predicted molar refractivity (Wildman–Crippen MR) is 62.0 cm³/mol. The number of carbonyl (C=O) groups is 1. The van der Waals surface area contributed by atoms with E-state index in [-0.39, 0.29) is 5.56 Å². The molecule has 0 unspecified atom stereocenters. The number of hydrogen-bond acceptors (Lipinski definition) is 5. The van der Waals surface area contributed by atoms with E-state index in [2.05, 4.69) is 10.2 Å². The number of aromatic carboxylic acids is 1. The number of thioether (sulfide) groups is 1. The van der Waals surface area contributed by atoms with Gasteiger partial charge < -0.3 is 9.52 Å². The molecule has 0 bridgehead atoms. The summed E-state index contributed by atoms with van der Waals surface area (Å²) in [5.41, 5.74) is 0.286. The van der Waals surface area contributed by atoms with Gasteiger partial charge in [-0.2, -0.15) is 0 Å². The predicted octanol–water partition coefficient (Wildman–Crippen LogP) is 2.37. The van der Waals surface area contributed by atoms with E-state index in [0.717, 1.165) is 0 Å². The highest BCUT2D eigenvalue weighted by Crippen LogP contribution is 2.25. The van der Waals surface area contributed by atoms with Crippen LogP contribution in [0.15, 0.2) is 33.6 Å². The molecule has 0 saturated heterocycles. The fourth-order valence-electron chi connectivity index (χ4n) is 1.30. The van der Waals surface area contributed by atoms with E-state index in [9.17, 15) is 4.79 Å².